The van der Waals surface area contributed by atoms with Crippen molar-refractivity contribution < 1.29 is 39.8 Å². The fraction of sp³-hybridized carbons (Fsp3) is 0.868. The second-order valence-corrected chi connectivity index (χ2v) is 18.3. The lowest BCUT2D eigenvalue weighted by Gasteiger charge is -2.40. The molecule has 0 saturated carbocycles. The molecule has 9 heteroatoms. The molecular formula is C53H99NO8. The number of amides is 1. The number of hydrogen-bond acceptors (Lipinski definition) is 8. The van der Waals surface area contributed by atoms with Crippen molar-refractivity contribution in [3.05, 3.63) is 36.5 Å². The molecule has 6 N–H and O–H groups in total. The number of rotatable bonds is 44. The zero-order valence-corrected chi connectivity index (χ0v) is 40.1. The van der Waals surface area contributed by atoms with Crippen molar-refractivity contribution in [2.24, 2.45) is 0 Å². The van der Waals surface area contributed by atoms with E-state index in [1.54, 1.807) is 6.08 Å². The Morgan fingerprint density at radius 1 is 0.548 bits per heavy atom. The third-order valence-corrected chi connectivity index (χ3v) is 12.5. The molecule has 0 aromatic rings. The third kappa shape index (κ3) is 33.0. The topological polar surface area (TPSA) is 149 Å². The number of unbranched alkanes of at least 4 members (excludes halogenated alkanes) is 30. The molecule has 1 saturated heterocycles. The average Bonchev–Trinajstić information content (AvgIpc) is 3.27. The number of carbonyl (C=O) groups is 1. The Bertz CT molecular complexity index is 1070. The van der Waals surface area contributed by atoms with Gasteiger partial charge in [0.25, 0.3) is 0 Å². The summed E-state index contributed by atoms with van der Waals surface area (Å²) in [6.45, 7) is 3.75. The largest absolute Gasteiger partial charge is 0.394 e. The van der Waals surface area contributed by atoms with E-state index >= 15 is 0 Å². The molecular weight excluding hydrogens is 779 g/mol. The van der Waals surface area contributed by atoms with E-state index in [-0.39, 0.29) is 12.5 Å². The van der Waals surface area contributed by atoms with Crippen molar-refractivity contribution in [2.45, 2.75) is 281 Å². The highest BCUT2D eigenvalue weighted by atomic mass is 16.7. The van der Waals surface area contributed by atoms with Gasteiger partial charge < -0.3 is 40.3 Å². The first-order valence-electron chi connectivity index (χ1n) is 26.2. The Morgan fingerprint density at radius 2 is 0.952 bits per heavy atom. The Hall–Kier alpha value is -1.59. The first kappa shape index (κ1) is 58.4. The van der Waals surface area contributed by atoms with Crippen molar-refractivity contribution in [3.8, 4) is 0 Å². The molecule has 0 spiro atoms. The van der Waals surface area contributed by atoms with Crippen LogP contribution in [0.15, 0.2) is 36.5 Å². The maximum Gasteiger partial charge on any atom is 0.220 e. The van der Waals surface area contributed by atoms with Gasteiger partial charge in [-0.1, -0.05) is 217 Å². The molecule has 0 aliphatic carbocycles. The van der Waals surface area contributed by atoms with Crippen LogP contribution in [0, 0.1) is 0 Å². The molecule has 1 amide bonds. The van der Waals surface area contributed by atoms with E-state index in [1.807, 2.05) is 6.08 Å². The Balaban J connectivity index is 2.14. The zero-order chi connectivity index (χ0) is 45.1. The van der Waals surface area contributed by atoms with Gasteiger partial charge in [-0.2, -0.15) is 0 Å². The predicted octanol–water partition coefficient (Wildman–Crippen LogP) is 12.0. The van der Waals surface area contributed by atoms with Gasteiger partial charge >= 0.3 is 0 Å². The maximum atomic E-state index is 13.0. The first-order chi connectivity index (χ1) is 30.3. The van der Waals surface area contributed by atoms with Gasteiger partial charge in [0.1, 0.15) is 24.4 Å². The number of hydrogen-bond donors (Lipinski definition) is 6. The first-order valence-corrected chi connectivity index (χ1v) is 26.2. The zero-order valence-electron chi connectivity index (χ0n) is 40.1. The summed E-state index contributed by atoms with van der Waals surface area (Å²) in [6, 6.07) is -0.801. The fourth-order valence-electron chi connectivity index (χ4n) is 8.25. The van der Waals surface area contributed by atoms with E-state index < -0.39 is 49.5 Å². The second-order valence-electron chi connectivity index (χ2n) is 18.3. The lowest BCUT2D eigenvalue weighted by molar-refractivity contribution is -0.302. The van der Waals surface area contributed by atoms with Crippen LogP contribution in [0.25, 0.3) is 0 Å². The Kier molecular flexibility index (Phi) is 40.8. The van der Waals surface area contributed by atoms with Crippen LogP contribution < -0.4 is 5.32 Å². The lowest BCUT2D eigenvalue weighted by atomic mass is 9.99. The van der Waals surface area contributed by atoms with Crippen molar-refractivity contribution in [2.75, 3.05) is 13.2 Å². The van der Waals surface area contributed by atoms with Gasteiger partial charge in [0.05, 0.1) is 25.4 Å². The monoisotopic (exact) mass is 878 g/mol. The highest BCUT2D eigenvalue weighted by Gasteiger charge is 2.44. The Morgan fingerprint density at radius 3 is 1.39 bits per heavy atom. The van der Waals surface area contributed by atoms with E-state index in [9.17, 15) is 30.3 Å². The van der Waals surface area contributed by atoms with E-state index in [2.05, 4.69) is 43.5 Å². The highest BCUT2D eigenvalue weighted by molar-refractivity contribution is 5.76. The third-order valence-electron chi connectivity index (χ3n) is 12.5. The van der Waals surface area contributed by atoms with Crippen molar-refractivity contribution in [3.63, 3.8) is 0 Å². The number of carbonyl (C=O) groups excluding carboxylic acids is 1. The molecule has 0 bridgehead atoms. The molecule has 62 heavy (non-hydrogen) atoms. The molecule has 7 unspecified atom stereocenters. The maximum absolute atomic E-state index is 13.0. The van der Waals surface area contributed by atoms with Gasteiger partial charge in [-0.05, 0) is 51.4 Å². The molecule has 0 radical (unpaired) electrons. The van der Waals surface area contributed by atoms with Gasteiger partial charge in [-0.3, -0.25) is 4.79 Å². The Labute approximate surface area is 381 Å². The van der Waals surface area contributed by atoms with Crippen LogP contribution in [0.4, 0.5) is 0 Å². The van der Waals surface area contributed by atoms with Gasteiger partial charge in [0.15, 0.2) is 6.29 Å². The van der Waals surface area contributed by atoms with Crippen molar-refractivity contribution in [1.29, 1.82) is 0 Å². The second kappa shape index (κ2) is 43.3. The van der Waals surface area contributed by atoms with Crippen LogP contribution in [0.5, 0.6) is 0 Å². The molecule has 0 aromatic heterocycles. The molecule has 1 rings (SSSR count). The molecule has 1 aliphatic rings. The summed E-state index contributed by atoms with van der Waals surface area (Å²) < 4.78 is 11.2. The minimum absolute atomic E-state index is 0.177. The average molecular weight is 878 g/mol. The van der Waals surface area contributed by atoms with Crippen LogP contribution >= 0.6 is 0 Å². The highest BCUT2D eigenvalue weighted by Crippen LogP contribution is 2.23. The lowest BCUT2D eigenvalue weighted by Crippen LogP contribution is -2.60. The molecule has 7 atom stereocenters. The van der Waals surface area contributed by atoms with Gasteiger partial charge in [0, 0.05) is 6.42 Å². The molecule has 364 valence electrons. The number of aliphatic hydroxyl groups is 5. The van der Waals surface area contributed by atoms with Gasteiger partial charge in [-0.15, -0.1) is 0 Å². The SMILES string of the molecule is CCCCCCC/C=C\C/C=C\CCCCCCCCCCCCCCCCCCCC(=O)NC(COC1OC(CO)C(O)C(O)C1O)C(O)/C=C/CCCCCCCCCC. The van der Waals surface area contributed by atoms with Crippen molar-refractivity contribution in [1.82, 2.24) is 5.32 Å². The number of nitrogens with one attached hydrogen (secondary N) is 1. The summed E-state index contributed by atoms with van der Waals surface area (Å²) in [5.41, 5.74) is 0. The molecule has 1 fully saturated rings. The van der Waals surface area contributed by atoms with E-state index in [0.717, 1.165) is 44.9 Å². The summed E-state index contributed by atoms with van der Waals surface area (Å²) in [4.78, 5) is 13.0. The number of ether oxygens (including phenoxy) is 2. The minimum Gasteiger partial charge on any atom is -0.394 e. The van der Waals surface area contributed by atoms with Crippen molar-refractivity contribution >= 4 is 5.91 Å². The van der Waals surface area contributed by atoms with Crippen LogP contribution in [0.1, 0.15) is 239 Å². The summed E-state index contributed by atoms with van der Waals surface area (Å²) in [7, 11) is 0. The normalized spacial score (nSPS) is 20.5. The van der Waals surface area contributed by atoms with E-state index in [1.165, 1.54) is 173 Å². The van der Waals surface area contributed by atoms with Crippen LogP contribution in [-0.4, -0.2) is 87.5 Å². The van der Waals surface area contributed by atoms with Crippen LogP contribution in [0.2, 0.25) is 0 Å². The quantitative estimate of drug-likeness (QED) is 0.0262. The standard InChI is InChI=1S/C53H99NO8/c1-3-5-7-9-11-13-15-16-17-18-19-20-21-22-23-24-25-26-27-28-29-30-31-32-33-35-37-39-41-43-49(57)54-46(45-61-53-52(60)51(59)50(58)48(44-55)62-53)47(56)42-40-38-36-34-14-12-10-8-6-4-2/h15-16,18-19,40,42,46-48,50-53,55-56,58-60H,3-14,17,20-39,41,43-45H2,1-2H3,(H,54,57)/b16-15-,19-18-,42-40+. The van der Waals surface area contributed by atoms with Crippen LogP contribution in [0.3, 0.4) is 0 Å². The number of allylic oxidation sites excluding steroid dienone is 5. The fourth-order valence-corrected chi connectivity index (χ4v) is 8.25. The molecule has 9 nitrogen and oxygen atoms in total. The summed E-state index contributed by atoms with van der Waals surface area (Å²) in [5, 5.41) is 54.2. The summed E-state index contributed by atoms with van der Waals surface area (Å²) in [5.74, 6) is -0.177. The summed E-state index contributed by atoms with van der Waals surface area (Å²) >= 11 is 0. The predicted molar refractivity (Wildman–Crippen MR) is 258 cm³/mol. The van der Waals surface area contributed by atoms with E-state index in [4.69, 9.17) is 9.47 Å². The molecule has 1 heterocycles. The minimum atomic E-state index is -1.56. The van der Waals surface area contributed by atoms with Gasteiger partial charge in [-0.25, -0.2) is 0 Å². The van der Waals surface area contributed by atoms with Crippen LogP contribution in [-0.2, 0) is 14.3 Å². The smallest absolute Gasteiger partial charge is 0.220 e. The summed E-state index contributed by atoms with van der Waals surface area (Å²) in [6.07, 6.45) is 47.9. The molecule has 1 aliphatic heterocycles. The number of aliphatic hydroxyl groups excluding tert-OH is 5. The molecule has 0 aromatic carbocycles. The van der Waals surface area contributed by atoms with E-state index in [0.29, 0.717) is 6.42 Å². The van der Waals surface area contributed by atoms with Gasteiger partial charge in [0.2, 0.25) is 5.91 Å².